The Labute approximate surface area is 209 Å². The highest BCUT2D eigenvalue weighted by atomic mass is 16.5. The molecule has 0 spiro atoms. The minimum Gasteiger partial charge on any atom is -0.486 e. The lowest BCUT2D eigenvalue weighted by Crippen LogP contribution is -2.42. The molecule has 0 saturated carbocycles. The van der Waals surface area contributed by atoms with Crippen molar-refractivity contribution < 1.29 is 23.8 Å². The molecule has 1 aromatic carbocycles. The molecule has 2 aliphatic heterocycles. The van der Waals surface area contributed by atoms with Crippen LogP contribution in [0.1, 0.15) is 33.7 Å². The number of hydrogen-bond acceptors (Lipinski definition) is 9. The molecule has 10 nitrogen and oxygen atoms in total. The number of nitrogens with one attached hydrogen (secondary N) is 2. The van der Waals surface area contributed by atoms with Crippen molar-refractivity contribution in [3.63, 3.8) is 0 Å². The third-order valence-electron chi connectivity index (χ3n) is 6.40. The number of β-amino-alcohol motifs (C(OH)–C–C–N with tert-alkyl or cyclic N) is 1. The molecule has 4 heterocycles. The van der Waals surface area contributed by atoms with E-state index in [1.54, 1.807) is 18.5 Å². The van der Waals surface area contributed by atoms with Crippen LogP contribution in [0.3, 0.4) is 0 Å². The van der Waals surface area contributed by atoms with Crippen LogP contribution in [0.2, 0.25) is 0 Å². The number of aliphatic hydroxyl groups is 1. The van der Waals surface area contributed by atoms with E-state index in [2.05, 4.69) is 37.6 Å². The van der Waals surface area contributed by atoms with Crippen LogP contribution < -0.4 is 15.4 Å². The van der Waals surface area contributed by atoms with Crippen molar-refractivity contribution in [2.45, 2.75) is 38.1 Å². The quantitative estimate of drug-likeness (QED) is 0.389. The molecule has 5 rings (SSSR count). The van der Waals surface area contributed by atoms with Crippen LogP contribution in [-0.2, 0) is 24.3 Å². The molecule has 0 radical (unpaired) electrons. The molecule has 1 amide bonds. The van der Waals surface area contributed by atoms with Gasteiger partial charge < -0.3 is 29.6 Å². The molecule has 1 saturated heterocycles. The highest BCUT2D eigenvalue weighted by Crippen LogP contribution is 2.24. The Hall–Kier alpha value is -3.47. The van der Waals surface area contributed by atoms with E-state index in [-0.39, 0.29) is 18.5 Å². The highest BCUT2D eigenvalue weighted by Gasteiger charge is 2.20. The molecule has 3 aromatic rings. The zero-order valence-electron chi connectivity index (χ0n) is 20.1. The van der Waals surface area contributed by atoms with Crippen LogP contribution in [0.25, 0.3) is 0 Å². The molecule has 3 N–H and O–H groups in total. The number of oxazole rings is 1. The van der Waals surface area contributed by atoms with Crippen LogP contribution in [0, 0.1) is 0 Å². The van der Waals surface area contributed by atoms with E-state index in [4.69, 9.17) is 13.9 Å². The summed E-state index contributed by atoms with van der Waals surface area (Å²) in [5.41, 5.74) is 3.71. The van der Waals surface area contributed by atoms with Gasteiger partial charge in [0.1, 0.15) is 12.4 Å². The molecule has 1 fully saturated rings. The van der Waals surface area contributed by atoms with Gasteiger partial charge in [-0.2, -0.15) is 0 Å². The lowest BCUT2D eigenvalue weighted by Gasteiger charge is -2.30. The van der Waals surface area contributed by atoms with Crippen molar-refractivity contribution in [3.05, 3.63) is 71.7 Å². The van der Waals surface area contributed by atoms with Gasteiger partial charge in [-0.1, -0.05) is 6.07 Å². The Morgan fingerprint density at radius 2 is 2.17 bits per heavy atom. The number of nitrogens with zero attached hydrogens (tertiary/aromatic N) is 3. The number of fused-ring (bicyclic) bond motifs is 1. The van der Waals surface area contributed by atoms with Gasteiger partial charge in [0.2, 0.25) is 0 Å². The molecule has 10 heteroatoms. The van der Waals surface area contributed by atoms with Crippen LogP contribution in [0.5, 0.6) is 5.75 Å². The normalized spacial score (nSPS) is 18.4. The number of hydrogen-bond donors (Lipinski definition) is 3. The third-order valence-corrected chi connectivity index (χ3v) is 6.40. The minimum absolute atomic E-state index is 0.171. The largest absolute Gasteiger partial charge is 0.486 e. The Morgan fingerprint density at radius 1 is 1.22 bits per heavy atom. The number of benzene rings is 1. The van der Waals surface area contributed by atoms with Crippen molar-refractivity contribution in [1.82, 2.24) is 20.2 Å². The number of carbonyl (C=O) groups excluding carboxylic acids is 1. The fourth-order valence-electron chi connectivity index (χ4n) is 4.50. The maximum atomic E-state index is 12.6. The topological polar surface area (TPSA) is 122 Å². The molecule has 2 unspecified atom stereocenters. The minimum atomic E-state index is -0.676. The predicted octanol–water partition coefficient (Wildman–Crippen LogP) is 2.00. The monoisotopic (exact) mass is 493 g/mol. The molecule has 0 bridgehead atoms. The first-order valence-corrected chi connectivity index (χ1v) is 12.2. The standard InChI is InChI=1S/C26H31N5O5/c32-23(11-29-26(33)20-7-22(10-27-9-20)30-21-4-6-34-15-21)14-31-5-3-18-8-24(2-1-19(18)13-31)35-16-25-12-28-17-36-25/h1-2,7-10,12,17,21,23,30,32H,3-6,11,13-16H2,(H,29,33). The number of anilines is 1. The zero-order chi connectivity index (χ0) is 24.7. The SMILES string of the molecule is O=C(NCC(O)CN1CCc2cc(OCc3cnco3)ccc2C1)c1cncc(NC2CCOC2)c1. The first kappa shape index (κ1) is 24.2. The van der Waals surface area contributed by atoms with Gasteiger partial charge in [0.05, 0.1) is 36.2 Å². The number of rotatable bonds is 10. The van der Waals surface area contributed by atoms with Crippen LogP contribution in [0.4, 0.5) is 5.69 Å². The fraction of sp³-hybridized carbons (Fsp3) is 0.423. The Bertz CT molecular complexity index is 1150. The number of aliphatic hydroxyl groups excluding tert-OH is 1. The van der Waals surface area contributed by atoms with Crippen molar-refractivity contribution in [2.75, 3.05) is 38.2 Å². The maximum absolute atomic E-state index is 12.6. The summed E-state index contributed by atoms with van der Waals surface area (Å²) in [6.07, 6.45) is 7.38. The molecular weight excluding hydrogens is 462 g/mol. The fourth-order valence-corrected chi connectivity index (χ4v) is 4.50. The van der Waals surface area contributed by atoms with Gasteiger partial charge in [0.15, 0.2) is 12.2 Å². The lowest BCUT2D eigenvalue weighted by atomic mass is 9.99. The number of pyridine rings is 1. The van der Waals surface area contributed by atoms with E-state index in [1.165, 1.54) is 23.7 Å². The summed E-state index contributed by atoms with van der Waals surface area (Å²) in [6, 6.07) is 8.09. The summed E-state index contributed by atoms with van der Waals surface area (Å²) >= 11 is 0. The van der Waals surface area contributed by atoms with E-state index >= 15 is 0 Å². The van der Waals surface area contributed by atoms with Gasteiger partial charge in [-0.05, 0) is 42.2 Å². The lowest BCUT2D eigenvalue weighted by molar-refractivity contribution is 0.0841. The van der Waals surface area contributed by atoms with Crippen molar-refractivity contribution in [2.24, 2.45) is 0 Å². The highest BCUT2D eigenvalue weighted by molar-refractivity contribution is 5.94. The van der Waals surface area contributed by atoms with Gasteiger partial charge in [0, 0.05) is 45.2 Å². The summed E-state index contributed by atoms with van der Waals surface area (Å²) in [7, 11) is 0. The maximum Gasteiger partial charge on any atom is 0.253 e. The van der Waals surface area contributed by atoms with E-state index < -0.39 is 6.10 Å². The Balaban J connectivity index is 1.07. The number of aromatic nitrogens is 2. The second-order valence-electron chi connectivity index (χ2n) is 9.20. The Morgan fingerprint density at radius 3 is 3.00 bits per heavy atom. The number of amides is 1. The number of carbonyl (C=O) groups is 1. The van der Waals surface area contributed by atoms with Gasteiger partial charge in [-0.25, -0.2) is 4.98 Å². The number of ether oxygens (including phenoxy) is 2. The summed E-state index contributed by atoms with van der Waals surface area (Å²) in [5.74, 6) is 1.22. The van der Waals surface area contributed by atoms with Crippen molar-refractivity contribution >= 4 is 11.6 Å². The summed E-state index contributed by atoms with van der Waals surface area (Å²) < 4.78 is 16.4. The van der Waals surface area contributed by atoms with E-state index in [0.717, 1.165) is 44.0 Å². The van der Waals surface area contributed by atoms with E-state index in [1.807, 2.05) is 6.07 Å². The van der Waals surface area contributed by atoms with Crippen molar-refractivity contribution in [1.29, 1.82) is 0 Å². The molecule has 190 valence electrons. The molecule has 2 atom stereocenters. The van der Waals surface area contributed by atoms with Gasteiger partial charge in [0.25, 0.3) is 5.91 Å². The second kappa shape index (κ2) is 11.5. The van der Waals surface area contributed by atoms with Crippen LogP contribution >= 0.6 is 0 Å². The zero-order valence-corrected chi connectivity index (χ0v) is 20.1. The van der Waals surface area contributed by atoms with Gasteiger partial charge >= 0.3 is 0 Å². The van der Waals surface area contributed by atoms with Crippen LogP contribution in [-0.4, -0.2) is 70.9 Å². The Kier molecular flexibility index (Phi) is 7.75. The molecule has 36 heavy (non-hydrogen) atoms. The summed E-state index contributed by atoms with van der Waals surface area (Å²) in [4.78, 5) is 22.9. The van der Waals surface area contributed by atoms with E-state index in [9.17, 15) is 9.90 Å². The first-order chi connectivity index (χ1) is 17.6. The smallest absolute Gasteiger partial charge is 0.253 e. The average Bonchev–Trinajstić information content (AvgIpc) is 3.61. The summed E-state index contributed by atoms with van der Waals surface area (Å²) in [6.45, 7) is 3.95. The van der Waals surface area contributed by atoms with Crippen LogP contribution in [0.15, 0.2) is 53.7 Å². The first-order valence-electron chi connectivity index (χ1n) is 12.2. The second-order valence-corrected chi connectivity index (χ2v) is 9.20. The van der Waals surface area contributed by atoms with Gasteiger partial charge in [-0.15, -0.1) is 0 Å². The van der Waals surface area contributed by atoms with Gasteiger partial charge in [-0.3, -0.25) is 14.7 Å². The third kappa shape index (κ3) is 6.39. The van der Waals surface area contributed by atoms with E-state index in [0.29, 0.717) is 31.1 Å². The van der Waals surface area contributed by atoms with Crippen molar-refractivity contribution in [3.8, 4) is 5.75 Å². The average molecular weight is 494 g/mol. The molecule has 2 aromatic heterocycles. The predicted molar refractivity (Wildman–Crippen MR) is 132 cm³/mol. The molecule has 0 aliphatic carbocycles. The molecule has 2 aliphatic rings. The summed E-state index contributed by atoms with van der Waals surface area (Å²) in [5, 5.41) is 16.7. The molecular formula is C26H31N5O5.